The van der Waals surface area contributed by atoms with Crippen LogP contribution in [0.15, 0.2) is 18.2 Å². The molecule has 0 heterocycles. The van der Waals surface area contributed by atoms with E-state index in [1.165, 1.54) is 7.11 Å². The predicted octanol–water partition coefficient (Wildman–Crippen LogP) is 2.06. The Labute approximate surface area is 131 Å². The molecule has 22 heavy (non-hydrogen) atoms. The highest BCUT2D eigenvalue weighted by molar-refractivity contribution is 7.85. The molecule has 7 heteroatoms. The third-order valence-corrected chi connectivity index (χ3v) is 3.44. The summed E-state index contributed by atoms with van der Waals surface area (Å²) >= 11 is 0. The van der Waals surface area contributed by atoms with Crippen molar-refractivity contribution in [2.45, 2.75) is 32.8 Å². The Kier molecular flexibility index (Phi) is 7.34. The molecular formula is C15H22O6S. The minimum absolute atomic E-state index is 0.0226. The normalized spacial score (nSPS) is 11.2. The van der Waals surface area contributed by atoms with Crippen LogP contribution in [0.1, 0.15) is 30.9 Å². The number of carbonyl (C=O) groups excluding carboxylic acids is 1. The topological polar surface area (TPSA) is 78.9 Å². The lowest BCUT2D eigenvalue weighted by atomic mass is 10.1. The van der Waals surface area contributed by atoms with Crippen molar-refractivity contribution in [3.8, 4) is 5.75 Å². The summed E-state index contributed by atoms with van der Waals surface area (Å²) in [6, 6.07) is 5.51. The minimum atomic E-state index is -3.48. The predicted molar refractivity (Wildman–Crippen MR) is 82.2 cm³/mol. The Bertz CT molecular complexity index is 594. The first kappa shape index (κ1) is 18.4. The van der Waals surface area contributed by atoms with Gasteiger partial charge in [-0.25, -0.2) is 0 Å². The minimum Gasteiger partial charge on any atom is -0.494 e. The average molecular weight is 330 g/mol. The van der Waals surface area contributed by atoms with Crippen molar-refractivity contribution in [1.29, 1.82) is 0 Å². The maximum Gasteiger partial charge on any atom is 0.305 e. The first-order valence-corrected chi connectivity index (χ1v) is 8.82. The van der Waals surface area contributed by atoms with Gasteiger partial charge in [-0.2, -0.15) is 8.42 Å². The highest BCUT2D eigenvalue weighted by atomic mass is 32.2. The molecule has 0 fully saturated rings. The number of hydrogen-bond donors (Lipinski definition) is 0. The van der Waals surface area contributed by atoms with Crippen LogP contribution in [0.5, 0.6) is 5.75 Å². The molecule has 0 aliphatic carbocycles. The maximum atomic E-state index is 11.0. The van der Waals surface area contributed by atoms with Crippen molar-refractivity contribution in [1.82, 2.24) is 0 Å². The van der Waals surface area contributed by atoms with Crippen LogP contribution in [0, 0.1) is 0 Å². The summed E-state index contributed by atoms with van der Waals surface area (Å²) in [5, 5.41) is 0. The second-order valence-corrected chi connectivity index (χ2v) is 6.48. The molecule has 0 radical (unpaired) electrons. The van der Waals surface area contributed by atoms with E-state index in [-0.39, 0.29) is 12.6 Å². The van der Waals surface area contributed by atoms with Gasteiger partial charge in [0.25, 0.3) is 10.1 Å². The largest absolute Gasteiger partial charge is 0.494 e. The molecule has 124 valence electrons. The molecule has 6 nitrogen and oxygen atoms in total. The SMILES string of the molecule is CCc1cc(COS(C)(=O)=O)cc(OCCCC(=O)OC)c1. The fourth-order valence-corrected chi connectivity index (χ4v) is 2.13. The second-order valence-electron chi connectivity index (χ2n) is 4.83. The van der Waals surface area contributed by atoms with Gasteiger partial charge in [-0.1, -0.05) is 13.0 Å². The van der Waals surface area contributed by atoms with Crippen LogP contribution in [0.4, 0.5) is 0 Å². The summed E-state index contributed by atoms with van der Waals surface area (Å²) in [7, 11) is -2.13. The van der Waals surface area contributed by atoms with Crippen LogP contribution in [0.2, 0.25) is 0 Å². The zero-order valence-electron chi connectivity index (χ0n) is 13.1. The highest BCUT2D eigenvalue weighted by Crippen LogP contribution is 2.19. The van der Waals surface area contributed by atoms with E-state index in [4.69, 9.17) is 8.92 Å². The first-order valence-electron chi connectivity index (χ1n) is 7.01. The van der Waals surface area contributed by atoms with Crippen LogP contribution in [0.25, 0.3) is 0 Å². The molecule has 1 aromatic carbocycles. The molecule has 0 amide bonds. The monoisotopic (exact) mass is 330 g/mol. The van der Waals surface area contributed by atoms with Gasteiger partial charge in [0, 0.05) is 6.42 Å². The molecule has 0 bridgehead atoms. The number of carbonyl (C=O) groups is 1. The molecule has 0 saturated carbocycles. The van der Waals surface area contributed by atoms with Crippen LogP contribution >= 0.6 is 0 Å². The van der Waals surface area contributed by atoms with Crippen molar-refractivity contribution in [2.24, 2.45) is 0 Å². The average Bonchev–Trinajstić information content (AvgIpc) is 2.48. The third kappa shape index (κ3) is 7.42. The van der Waals surface area contributed by atoms with E-state index in [0.717, 1.165) is 23.8 Å². The number of benzene rings is 1. The van der Waals surface area contributed by atoms with E-state index in [1.54, 1.807) is 6.07 Å². The summed E-state index contributed by atoms with van der Waals surface area (Å²) in [5.74, 6) is 0.365. The number of rotatable bonds is 9. The Balaban J connectivity index is 2.63. The van der Waals surface area contributed by atoms with E-state index >= 15 is 0 Å². The Hall–Kier alpha value is -1.60. The molecule has 0 atom stereocenters. The summed E-state index contributed by atoms with van der Waals surface area (Å²) in [6.07, 6.45) is 2.67. The molecule has 0 spiro atoms. The van der Waals surface area contributed by atoms with E-state index < -0.39 is 10.1 Å². The van der Waals surface area contributed by atoms with E-state index in [9.17, 15) is 13.2 Å². The molecule has 0 saturated heterocycles. The summed E-state index contributed by atoms with van der Waals surface area (Å²) < 4.78 is 37.1. The van der Waals surface area contributed by atoms with E-state index in [0.29, 0.717) is 25.2 Å². The lowest BCUT2D eigenvalue weighted by Gasteiger charge is -2.10. The Morgan fingerprint density at radius 3 is 2.45 bits per heavy atom. The van der Waals surface area contributed by atoms with Gasteiger partial charge < -0.3 is 9.47 Å². The number of hydrogen-bond acceptors (Lipinski definition) is 6. The van der Waals surface area contributed by atoms with Crippen LogP contribution in [-0.4, -0.2) is 34.4 Å². The summed E-state index contributed by atoms with van der Waals surface area (Å²) in [4.78, 5) is 11.0. The molecule has 0 N–H and O–H groups in total. The van der Waals surface area contributed by atoms with Crippen molar-refractivity contribution >= 4 is 16.1 Å². The number of ether oxygens (including phenoxy) is 2. The van der Waals surface area contributed by atoms with Gasteiger partial charge >= 0.3 is 5.97 Å². The van der Waals surface area contributed by atoms with Crippen LogP contribution in [-0.2, 0) is 36.9 Å². The Morgan fingerprint density at radius 2 is 1.86 bits per heavy atom. The molecule has 1 aromatic rings. The number of methoxy groups -OCH3 is 1. The Morgan fingerprint density at radius 1 is 1.18 bits per heavy atom. The maximum absolute atomic E-state index is 11.0. The van der Waals surface area contributed by atoms with Gasteiger partial charge in [0.1, 0.15) is 5.75 Å². The molecule has 0 aliphatic heterocycles. The van der Waals surface area contributed by atoms with Crippen molar-refractivity contribution in [3.05, 3.63) is 29.3 Å². The molecule has 1 rings (SSSR count). The number of esters is 1. The van der Waals surface area contributed by atoms with Crippen molar-refractivity contribution < 1.29 is 26.9 Å². The summed E-state index contributed by atoms with van der Waals surface area (Å²) in [5.41, 5.74) is 1.75. The molecular weight excluding hydrogens is 308 g/mol. The molecule has 0 aliphatic rings. The number of aryl methyl sites for hydroxylation is 1. The highest BCUT2D eigenvalue weighted by Gasteiger charge is 2.07. The van der Waals surface area contributed by atoms with Crippen LogP contribution < -0.4 is 4.74 Å². The van der Waals surface area contributed by atoms with E-state index in [1.807, 2.05) is 19.1 Å². The quantitative estimate of drug-likeness (QED) is 0.392. The standard InChI is InChI=1S/C15H22O6S/c1-4-12-8-13(11-21-22(3,17)18)10-14(9-12)20-7-5-6-15(16)19-2/h8-10H,4-7,11H2,1-3H3. The molecule has 0 unspecified atom stereocenters. The van der Waals surface area contributed by atoms with Gasteiger partial charge in [0.15, 0.2) is 0 Å². The van der Waals surface area contributed by atoms with Gasteiger partial charge in [-0.15, -0.1) is 0 Å². The summed E-state index contributed by atoms with van der Waals surface area (Å²) in [6.45, 7) is 2.36. The smallest absolute Gasteiger partial charge is 0.305 e. The van der Waals surface area contributed by atoms with Gasteiger partial charge in [0.2, 0.25) is 0 Å². The lowest BCUT2D eigenvalue weighted by Crippen LogP contribution is -2.06. The van der Waals surface area contributed by atoms with Gasteiger partial charge in [-0.3, -0.25) is 8.98 Å². The fourth-order valence-electron chi connectivity index (χ4n) is 1.78. The van der Waals surface area contributed by atoms with Crippen molar-refractivity contribution in [2.75, 3.05) is 20.0 Å². The fraction of sp³-hybridized carbons (Fsp3) is 0.533. The van der Waals surface area contributed by atoms with E-state index in [2.05, 4.69) is 4.74 Å². The van der Waals surface area contributed by atoms with Gasteiger partial charge in [-0.05, 0) is 36.1 Å². The second kappa shape index (κ2) is 8.75. The van der Waals surface area contributed by atoms with Crippen LogP contribution in [0.3, 0.4) is 0 Å². The third-order valence-electron chi connectivity index (χ3n) is 2.90. The lowest BCUT2D eigenvalue weighted by molar-refractivity contribution is -0.140. The molecule has 0 aromatic heterocycles. The zero-order valence-corrected chi connectivity index (χ0v) is 13.9. The zero-order chi connectivity index (χ0) is 16.6. The van der Waals surface area contributed by atoms with Crippen molar-refractivity contribution in [3.63, 3.8) is 0 Å². The first-order chi connectivity index (χ1) is 10.3. The van der Waals surface area contributed by atoms with Gasteiger partial charge in [0.05, 0.1) is 26.6 Å².